The second-order valence-corrected chi connectivity index (χ2v) is 5.71. The minimum absolute atomic E-state index is 0.187. The van der Waals surface area contributed by atoms with Crippen LogP contribution in [0.15, 0.2) is 78.9 Å². The highest BCUT2D eigenvalue weighted by molar-refractivity contribution is 5.93. The van der Waals surface area contributed by atoms with Crippen LogP contribution in [0.2, 0.25) is 0 Å². The van der Waals surface area contributed by atoms with Crippen molar-refractivity contribution in [2.45, 2.75) is 6.61 Å². The molecule has 0 amide bonds. The molecule has 0 bridgehead atoms. The van der Waals surface area contributed by atoms with Gasteiger partial charge in [-0.3, -0.25) is 0 Å². The number of esters is 2. The van der Waals surface area contributed by atoms with E-state index >= 15 is 0 Å². The van der Waals surface area contributed by atoms with Gasteiger partial charge in [0, 0.05) is 0 Å². The van der Waals surface area contributed by atoms with Crippen LogP contribution < -0.4 is 0 Å². The Morgan fingerprint density at radius 2 is 1.23 bits per heavy atom. The van der Waals surface area contributed by atoms with Gasteiger partial charge in [-0.25, -0.2) is 9.59 Å². The van der Waals surface area contributed by atoms with E-state index < -0.39 is 11.9 Å². The van der Waals surface area contributed by atoms with Crippen molar-refractivity contribution in [3.8, 4) is 11.1 Å². The van der Waals surface area contributed by atoms with Crippen molar-refractivity contribution in [3.05, 3.63) is 95.6 Å². The molecule has 26 heavy (non-hydrogen) atoms. The molecular formula is C22H18O4. The van der Waals surface area contributed by atoms with Gasteiger partial charge in [0.05, 0.1) is 18.2 Å². The first kappa shape index (κ1) is 17.4. The molecule has 0 aromatic heterocycles. The van der Waals surface area contributed by atoms with E-state index in [0.29, 0.717) is 11.1 Å². The smallest absolute Gasteiger partial charge is 0.338 e. The maximum Gasteiger partial charge on any atom is 0.338 e. The number of hydrogen-bond donors (Lipinski definition) is 0. The molecule has 0 fully saturated rings. The van der Waals surface area contributed by atoms with E-state index in [1.54, 1.807) is 12.1 Å². The predicted molar refractivity (Wildman–Crippen MR) is 98.8 cm³/mol. The van der Waals surface area contributed by atoms with Gasteiger partial charge in [-0.1, -0.05) is 54.6 Å². The molecule has 0 radical (unpaired) electrons. The number of carbonyl (C=O) groups excluding carboxylic acids is 2. The number of rotatable bonds is 5. The molecule has 0 unspecified atom stereocenters. The van der Waals surface area contributed by atoms with Crippen LogP contribution in [0.25, 0.3) is 11.1 Å². The van der Waals surface area contributed by atoms with Crippen LogP contribution in [0.1, 0.15) is 26.3 Å². The molecule has 130 valence electrons. The van der Waals surface area contributed by atoms with Crippen LogP contribution >= 0.6 is 0 Å². The molecule has 0 aliphatic rings. The number of ether oxygens (including phenoxy) is 2. The molecule has 0 heterocycles. The van der Waals surface area contributed by atoms with Gasteiger partial charge < -0.3 is 9.47 Å². The fourth-order valence-electron chi connectivity index (χ4n) is 2.52. The van der Waals surface area contributed by atoms with Crippen LogP contribution in [-0.4, -0.2) is 19.0 Å². The fourth-order valence-corrected chi connectivity index (χ4v) is 2.52. The Balaban J connectivity index is 1.60. The van der Waals surface area contributed by atoms with Crippen molar-refractivity contribution in [3.63, 3.8) is 0 Å². The minimum Gasteiger partial charge on any atom is -0.465 e. The van der Waals surface area contributed by atoms with Crippen molar-refractivity contribution in [2.75, 3.05) is 7.11 Å². The summed E-state index contributed by atoms with van der Waals surface area (Å²) < 4.78 is 9.96. The first-order valence-corrected chi connectivity index (χ1v) is 8.17. The Hall–Kier alpha value is -3.40. The van der Waals surface area contributed by atoms with Crippen LogP contribution in [0.5, 0.6) is 0 Å². The average Bonchev–Trinajstić information content (AvgIpc) is 2.72. The highest BCUT2D eigenvalue weighted by atomic mass is 16.5. The largest absolute Gasteiger partial charge is 0.465 e. The maximum atomic E-state index is 12.1. The van der Waals surface area contributed by atoms with Gasteiger partial charge in [0.25, 0.3) is 0 Å². The lowest BCUT2D eigenvalue weighted by Gasteiger charge is -2.07. The molecule has 0 spiro atoms. The zero-order valence-corrected chi connectivity index (χ0v) is 14.3. The number of methoxy groups -OCH3 is 1. The summed E-state index contributed by atoms with van der Waals surface area (Å²) in [6.07, 6.45) is 0. The second kappa shape index (κ2) is 8.12. The van der Waals surface area contributed by atoms with E-state index in [-0.39, 0.29) is 6.61 Å². The second-order valence-electron chi connectivity index (χ2n) is 5.71. The van der Waals surface area contributed by atoms with E-state index in [9.17, 15) is 9.59 Å². The molecule has 4 nitrogen and oxygen atoms in total. The Labute approximate surface area is 152 Å². The molecular weight excluding hydrogens is 328 g/mol. The standard InChI is InChI=1S/C22H18O4/c1-25-21(23)19-11-13-20(14-12-19)22(24)26-15-16-7-9-18(10-8-16)17-5-3-2-4-6-17/h2-14H,15H2,1H3. The Morgan fingerprint density at radius 3 is 1.81 bits per heavy atom. The lowest BCUT2D eigenvalue weighted by Crippen LogP contribution is -2.06. The molecule has 3 aromatic rings. The summed E-state index contributed by atoms with van der Waals surface area (Å²) in [5.41, 5.74) is 3.93. The van der Waals surface area contributed by atoms with Gasteiger partial charge in [0.1, 0.15) is 6.61 Å². The number of hydrogen-bond acceptors (Lipinski definition) is 4. The Morgan fingerprint density at radius 1 is 0.692 bits per heavy atom. The lowest BCUT2D eigenvalue weighted by molar-refractivity contribution is 0.0471. The van der Waals surface area contributed by atoms with Crippen LogP contribution in [0.3, 0.4) is 0 Å². The fraction of sp³-hybridized carbons (Fsp3) is 0.0909. The Kier molecular flexibility index (Phi) is 5.44. The summed E-state index contributed by atoms with van der Waals surface area (Å²) >= 11 is 0. The Bertz CT molecular complexity index is 882. The zero-order valence-electron chi connectivity index (χ0n) is 14.3. The highest BCUT2D eigenvalue weighted by Crippen LogP contribution is 2.19. The third-order valence-electron chi connectivity index (χ3n) is 3.97. The van der Waals surface area contributed by atoms with Crippen molar-refractivity contribution < 1.29 is 19.1 Å². The number of carbonyl (C=O) groups is 2. The predicted octanol–water partition coefficient (Wildman–Crippen LogP) is 4.50. The van der Waals surface area contributed by atoms with Gasteiger partial charge >= 0.3 is 11.9 Å². The van der Waals surface area contributed by atoms with Crippen LogP contribution in [0.4, 0.5) is 0 Å². The average molecular weight is 346 g/mol. The molecule has 4 heteroatoms. The minimum atomic E-state index is -0.441. The van der Waals surface area contributed by atoms with Gasteiger partial charge in [-0.05, 0) is 41.0 Å². The van der Waals surface area contributed by atoms with Crippen LogP contribution in [0, 0.1) is 0 Å². The van der Waals surface area contributed by atoms with E-state index in [4.69, 9.17) is 4.74 Å². The first-order chi connectivity index (χ1) is 12.7. The zero-order chi connectivity index (χ0) is 18.4. The summed E-state index contributed by atoms with van der Waals surface area (Å²) in [5.74, 6) is -0.878. The summed E-state index contributed by atoms with van der Waals surface area (Å²) in [5, 5.41) is 0. The van der Waals surface area contributed by atoms with Gasteiger partial charge in [-0.2, -0.15) is 0 Å². The summed E-state index contributed by atoms with van der Waals surface area (Å²) in [7, 11) is 1.31. The third kappa shape index (κ3) is 4.16. The van der Waals surface area contributed by atoms with E-state index in [0.717, 1.165) is 16.7 Å². The van der Waals surface area contributed by atoms with Crippen molar-refractivity contribution >= 4 is 11.9 Å². The molecule has 0 aliphatic heterocycles. The third-order valence-corrected chi connectivity index (χ3v) is 3.97. The summed E-state index contributed by atoms with van der Waals surface area (Å²) in [4.78, 5) is 23.5. The molecule has 0 atom stereocenters. The van der Waals surface area contributed by atoms with Crippen molar-refractivity contribution in [2.24, 2.45) is 0 Å². The van der Waals surface area contributed by atoms with Gasteiger partial charge in [0.2, 0.25) is 0 Å². The normalized spacial score (nSPS) is 10.2. The van der Waals surface area contributed by atoms with Crippen molar-refractivity contribution in [1.29, 1.82) is 0 Å². The molecule has 3 aromatic carbocycles. The van der Waals surface area contributed by atoms with E-state index in [1.807, 2.05) is 54.6 Å². The topological polar surface area (TPSA) is 52.6 Å². The van der Waals surface area contributed by atoms with Gasteiger partial charge in [0.15, 0.2) is 0 Å². The lowest BCUT2D eigenvalue weighted by atomic mass is 10.0. The molecule has 0 aliphatic carbocycles. The molecule has 0 saturated heterocycles. The van der Waals surface area contributed by atoms with Crippen molar-refractivity contribution in [1.82, 2.24) is 0 Å². The monoisotopic (exact) mass is 346 g/mol. The quantitative estimate of drug-likeness (QED) is 0.639. The summed E-state index contributed by atoms with van der Waals surface area (Å²) in [6, 6.07) is 24.1. The molecule has 0 saturated carbocycles. The van der Waals surface area contributed by atoms with E-state index in [1.165, 1.54) is 19.2 Å². The van der Waals surface area contributed by atoms with Crippen LogP contribution in [-0.2, 0) is 16.1 Å². The summed E-state index contributed by atoms with van der Waals surface area (Å²) in [6.45, 7) is 0.187. The highest BCUT2D eigenvalue weighted by Gasteiger charge is 2.10. The first-order valence-electron chi connectivity index (χ1n) is 8.17. The molecule has 0 N–H and O–H groups in total. The van der Waals surface area contributed by atoms with Gasteiger partial charge in [-0.15, -0.1) is 0 Å². The number of benzene rings is 3. The maximum absolute atomic E-state index is 12.1. The molecule has 3 rings (SSSR count). The van der Waals surface area contributed by atoms with E-state index in [2.05, 4.69) is 4.74 Å². The SMILES string of the molecule is COC(=O)c1ccc(C(=O)OCc2ccc(-c3ccccc3)cc2)cc1.